The molecule has 1 N–H and O–H groups in total. The summed E-state index contributed by atoms with van der Waals surface area (Å²) in [5, 5.41) is 2.27. The second-order valence-electron chi connectivity index (χ2n) is 9.52. The number of methoxy groups -OCH3 is 1. The van der Waals surface area contributed by atoms with E-state index in [1.54, 1.807) is 19.3 Å². The van der Waals surface area contributed by atoms with Crippen molar-refractivity contribution in [2.75, 3.05) is 30.4 Å². The molecule has 2 aliphatic heterocycles. The average molecular weight is 506 g/mol. The molecule has 3 amide bonds. The third kappa shape index (κ3) is 4.91. The zero-order valence-electron chi connectivity index (χ0n) is 21.5. The van der Waals surface area contributed by atoms with Crippen LogP contribution < -0.4 is 15.0 Å². The van der Waals surface area contributed by atoms with Gasteiger partial charge >= 0.3 is 0 Å². The van der Waals surface area contributed by atoms with Gasteiger partial charge in [0.2, 0.25) is 5.91 Å². The number of allylic oxidation sites excluding steroid dienone is 1. The van der Waals surface area contributed by atoms with Crippen LogP contribution in [0.5, 0.6) is 5.75 Å². The van der Waals surface area contributed by atoms with Crippen molar-refractivity contribution in [2.45, 2.75) is 40.2 Å². The maximum Gasteiger partial charge on any atom is 0.294 e. The Labute approximate surface area is 216 Å². The molecule has 1 saturated heterocycles. The molecule has 36 heavy (non-hydrogen) atoms. The van der Waals surface area contributed by atoms with Crippen molar-refractivity contribution in [1.29, 1.82) is 0 Å². The molecule has 4 rings (SSSR count). The van der Waals surface area contributed by atoms with Crippen LogP contribution in [0.1, 0.15) is 44.4 Å². The van der Waals surface area contributed by atoms with Crippen molar-refractivity contribution in [3.05, 3.63) is 64.1 Å². The smallest absolute Gasteiger partial charge is 0.294 e. The van der Waals surface area contributed by atoms with Gasteiger partial charge in [-0.2, -0.15) is 0 Å². The van der Waals surface area contributed by atoms with Crippen LogP contribution in [0.3, 0.4) is 0 Å². The van der Waals surface area contributed by atoms with E-state index >= 15 is 0 Å². The van der Waals surface area contributed by atoms with Crippen molar-refractivity contribution in [1.82, 2.24) is 4.90 Å². The molecule has 2 heterocycles. The minimum atomic E-state index is -0.493. The number of aryl methyl sites for hydroxylation is 1. The maximum absolute atomic E-state index is 13.1. The Kier molecular flexibility index (Phi) is 7.00. The van der Waals surface area contributed by atoms with Crippen molar-refractivity contribution in [3.8, 4) is 5.75 Å². The molecule has 2 aromatic carbocycles. The molecule has 0 bridgehead atoms. The van der Waals surface area contributed by atoms with Crippen LogP contribution in [-0.4, -0.2) is 47.7 Å². The lowest BCUT2D eigenvalue weighted by Gasteiger charge is -2.43. The summed E-state index contributed by atoms with van der Waals surface area (Å²) in [5.41, 5.74) is 5.44. The highest BCUT2D eigenvalue weighted by atomic mass is 32.2. The number of carbonyl (C=O) groups is 3. The van der Waals surface area contributed by atoms with Gasteiger partial charge in [-0.1, -0.05) is 18.2 Å². The van der Waals surface area contributed by atoms with E-state index in [1.807, 2.05) is 37.3 Å². The first kappa shape index (κ1) is 25.6. The number of benzene rings is 2. The van der Waals surface area contributed by atoms with Gasteiger partial charge < -0.3 is 15.0 Å². The SMILES string of the molecule is CCN1c2cc(OC)c(/C=C3/SC(=O)N(CC(=O)Nc4cccc(C)c4)C3=O)cc2C(C)=CC1(C)C. The third-order valence-electron chi connectivity index (χ3n) is 6.41. The Hall–Kier alpha value is -3.52. The Balaban J connectivity index is 1.60. The molecule has 0 spiro atoms. The largest absolute Gasteiger partial charge is 0.496 e. The number of ether oxygens (including phenoxy) is 1. The Morgan fingerprint density at radius 3 is 2.58 bits per heavy atom. The van der Waals surface area contributed by atoms with E-state index in [0.717, 1.165) is 45.6 Å². The van der Waals surface area contributed by atoms with Gasteiger partial charge in [0.15, 0.2) is 0 Å². The van der Waals surface area contributed by atoms with E-state index in [0.29, 0.717) is 17.0 Å². The molecule has 1 fully saturated rings. The second kappa shape index (κ2) is 9.85. The second-order valence-corrected chi connectivity index (χ2v) is 10.5. The van der Waals surface area contributed by atoms with Crippen molar-refractivity contribution >= 4 is 51.8 Å². The number of nitrogens with one attached hydrogen (secondary N) is 1. The molecule has 0 saturated carbocycles. The fraction of sp³-hybridized carbons (Fsp3) is 0.321. The van der Waals surface area contributed by atoms with Gasteiger partial charge in [0.05, 0.1) is 17.6 Å². The lowest BCUT2D eigenvalue weighted by molar-refractivity contribution is -0.127. The molecule has 0 radical (unpaired) electrons. The van der Waals surface area contributed by atoms with Crippen LogP contribution in [0.2, 0.25) is 0 Å². The predicted octanol–water partition coefficient (Wildman–Crippen LogP) is 5.70. The molecule has 0 aliphatic carbocycles. The number of rotatable bonds is 6. The van der Waals surface area contributed by atoms with Crippen LogP contribution in [0.4, 0.5) is 16.2 Å². The molecule has 2 aliphatic rings. The summed E-state index contributed by atoms with van der Waals surface area (Å²) in [6, 6.07) is 11.3. The summed E-state index contributed by atoms with van der Waals surface area (Å²) in [6.07, 6.45) is 3.90. The van der Waals surface area contributed by atoms with E-state index < -0.39 is 17.1 Å². The molecule has 2 aromatic rings. The van der Waals surface area contributed by atoms with E-state index in [1.165, 1.54) is 0 Å². The number of carbonyl (C=O) groups excluding carboxylic acids is 3. The number of hydrogen-bond acceptors (Lipinski definition) is 6. The highest BCUT2D eigenvalue weighted by molar-refractivity contribution is 8.18. The highest BCUT2D eigenvalue weighted by Gasteiger charge is 2.37. The molecular weight excluding hydrogens is 474 g/mol. The minimum Gasteiger partial charge on any atom is -0.496 e. The normalized spacial score (nSPS) is 17.8. The van der Waals surface area contributed by atoms with Crippen LogP contribution in [0, 0.1) is 6.92 Å². The zero-order valence-corrected chi connectivity index (χ0v) is 22.3. The molecular formula is C28H31N3O4S. The van der Waals surface area contributed by atoms with Gasteiger partial charge in [0.1, 0.15) is 12.3 Å². The van der Waals surface area contributed by atoms with Gasteiger partial charge in [-0.05, 0) is 81.8 Å². The van der Waals surface area contributed by atoms with Crippen molar-refractivity contribution in [3.63, 3.8) is 0 Å². The van der Waals surface area contributed by atoms with Crippen molar-refractivity contribution in [2.24, 2.45) is 0 Å². The first-order chi connectivity index (χ1) is 17.0. The van der Waals surface area contributed by atoms with Gasteiger partial charge in [0, 0.05) is 35.1 Å². The Morgan fingerprint density at radius 2 is 1.92 bits per heavy atom. The number of imide groups is 1. The van der Waals surface area contributed by atoms with Crippen LogP contribution >= 0.6 is 11.8 Å². The third-order valence-corrected chi connectivity index (χ3v) is 7.32. The monoisotopic (exact) mass is 505 g/mol. The van der Waals surface area contributed by atoms with Gasteiger partial charge in [-0.3, -0.25) is 19.3 Å². The first-order valence-electron chi connectivity index (χ1n) is 11.9. The van der Waals surface area contributed by atoms with Crippen LogP contribution in [0.15, 0.2) is 47.4 Å². The van der Waals surface area contributed by atoms with E-state index in [9.17, 15) is 14.4 Å². The fourth-order valence-electron chi connectivity index (χ4n) is 4.83. The molecule has 7 nitrogen and oxygen atoms in total. The number of anilines is 2. The van der Waals surface area contributed by atoms with Crippen LogP contribution in [-0.2, 0) is 9.59 Å². The van der Waals surface area contributed by atoms with Crippen molar-refractivity contribution < 1.29 is 19.1 Å². The zero-order chi connectivity index (χ0) is 26.2. The average Bonchev–Trinajstić information content (AvgIpc) is 3.06. The first-order valence-corrected chi connectivity index (χ1v) is 12.7. The molecule has 8 heteroatoms. The van der Waals surface area contributed by atoms with E-state index in [4.69, 9.17) is 4.74 Å². The summed E-state index contributed by atoms with van der Waals surface area (Å²) in [5.74, 6) is -0.312. The maximum atomic E-state index is 13.1. The Morgan fingerprint density at radius 1 is 1.17 bits per heavy atom. The fourth-order valence-corrected chi connectivity index (χ4v) is 5.66. The minimum absolute atomic E-state index is 0.139. The van der Waals surface area contributed by atoms with Gasteiger partial charge in [-0.25, -0.2) is 0 Å². The Bertz CT molecular complexity index is 1310. The lowest BCUT2D eigenvalue weighted by Crippen LogP contribution is -2.44. The number of hydrogen-bond donors (Lipinski definition) is 1. The van der Waals surface area contributed by atoms with Gasteiger partial charge in [0.25, 0.3) is 11.1 Å². The summed E-state index contributed by atoms with van der Waals surface area (Å²) in [4.78, 5) is 41.8. The highest BCUT2D eigenvalue weighted by Crippen LogP contribution is 2.43. The quantitative estimate of drug-likeness (QED) is 0.508. The summed E-state index contributed by atoms with van der Waals surface area (Å²) >= 11 is 0.828. The number of amides is 3. The van der Waals surface area contributed by atoms with Crippen LogP contribution in [0.25, 0.3) is 11.6 Å². The van der Waals surface area contributed by atoms with E-state index in [-0.39, 0.29) is 17.0 Å². The lowest BCUT2D eigenvalue weighted by atomic mass is 9.87. The topological polar surface area (TPSA) is 79.0 Å². The molecule has 0 aromatic heterocycles. The summed E-state index contributed by atoms with van der Waals surface area (Å²) in [6.45, 7) is 10.9. The molecule has 188 valence electrons. The number of nitrogens with zero attached hydrogens (tertiary/aromatic N) is 2. The number of thioether (sulfide) groups is 1. The standard InChI is InChI=1S/C28H31N3O4S/c1-7-31-22-14-23(35-6)19(12-21(22)18(3)15-28(31,4)5)13-24-26(33)30(27(34)36-24)16-25(32)29-20-10-8-9-17(2)11-20/h8-15H,7,16H2,1-6H3,(H,29,32)/b24-13+. The van der Waals surface area contributed by atoms with E-state index in [2.05, 4.69) is 44.0 Å². The summed E-state index contributed by atoms with van der Waals surface area (Å²) < 4.78 is 5.67. The number of likely N-dealkylation sites (N-methyl/N-ethyl adjacent to an activating group) is 1. The summed E-state index contributed by atoms with van der Waals surface area (Å²) in [7, 11) is 1.59. The molecule has 0 atom stereocenters. The number of fused-ring (bicyclic) bond motifs is 1. The predicted molar refractivity (Wildman–Crippen MR) is 146 cm³/mol. The van der Waals surface area contributed by atoms with Gasteiger partial charge in [-0.15, -0.1) is 0 Å². The molecule has 0 unspecified atom stereocenters.